The monoisotopic (exact) mass is 465 g/mol. The number of hydrogen-bond acceptors (Lipinski definition) is 6. The number of amides is 2. The fourth-order valence-electron chi connectivity index (χ4n) is 3.16. The highest BCUT2D eigenvalue weighted by Gasteiger charge is 2.31. The van der Waals surface area contributed by atoms with E-state index in [1.807, 2.05) is 35.5 Å². The number of thioether (sulfide) groups is 1. The smallest absolute Gasteiger partial charge is 0.408 e. The lowest BCUT2D eigenvalue weighted by Gasteiger charge is -2.37. The van der Waals surface area contributed by atoms with Gasteiger partial charge in [0.25, 0.3) is 0 Å². The molecule has 0 spiro atoms. The van der Waals surface area contributed by atoms with Crippen LogP contribution in [0.5, 0.6) is 0 Å². The molecule has 168 valence electrons. The van der Waals surface area contributed by atoms with Gasteiger partial charge in [-0.15, -0.1) is 4.99 Å². The summed E-state index contributed by atoms with van der Waals surface area (Å²) in [6.45, 7) is 7.32. The molecule has 1 heterocycles. The van der Waals surface area contributed by atoms with Gasteiger partial charge in [0, 0.05) is 37.6 Å². The minimum absolute atomic E-state index is 0.201. The molecule has 2 amide bonds. The quantitative estimate of drug-likeness (QED) is 0.416. The van der Waals surface area contributed by atoms with Crippen LogP contribution in [-0.2, 0) is 16.0 Å². The molecule has 0 radical (unpaired) electrons. The summed E-state index contributed by atoms with van der Waals surface area (Å²) in [4.78, 5) is 33.2. The van der Waals surface area contributed by atoms with Gasteiger partial charge < -0.3 is 19.9 Å². The third-order valence-corrected chi connectivity index (χ3v) is 5.64. The maximum atomic E-state index is 13.3. The number of nitriles is 1. The number of benzene rings is 1. The Morgan fingerprint density at radius 2 is 1.87 bits per heavy atom. The summed E-state index contributed by atoms with van der Waals surface area (Å²) in [5, 5.41) is 12.7. The summed E-state index contributed by atoms with van der Waals surface area (Å²) in [5.74, 6) is -0.201. The Balaban J connectivity index is 2.13. The van der Waals surface area contributed by atoms with Gasteiger partial charge in [0.15, 0.2) is 5.17 Å². The maximum absolute atomic E-state index is 13.3. The molecule has 1 aromatic rings. The Morgan fingerprint density at radius 1 is 1.26 bits per heavy atom. The van der Waals surface area contributed by atoms with Crippen LogP contribution < -0.4 is 5.32 Å². The standard InChI is InChI=1S/C21H28ClN5O3S/c1-21(2,3)30-20(29)25-17(13-15-7-5-6-8-16(15)22)18(28)26-9-11-27(12-10-26)19(31-4)24-14-23/h5-8,17H,9-13H2,1-4H3,(H,25,29)/b24-19-/t17-/m0/s1. The van der Waals surface area contributed by atoms with Crippen molar-refractivity contribution in [2.75, 3.05) is 32.4 Å². The Labute approximate surface area is 192 Å². The third kappa shape index (κ3) is 7.64. The molecule has 0 saturated carbocycles. The average Bonchev–Trinajstić information content (AvgIpc) is 2.71. The lowest BCUT2D eigenvalue weighted by Crippen LogP contribution is -2.56. The number of alkyl carbamates (subject to hydrolysis) is 1. The number of amidine groups is 1. The number of nitrogens with one attached hydrogen (secondary N) is 1. The van der Waals surface area contributed by atoms with Crippen molar-refractivity contribution in [2.24, 2.45) is 4.99 Å². The van der Waals surface area contributed by atoms with E-state index in [-0.39, 0.29) is 12.3 Å². The van der Waals surface area contributed by atoms with Crippen molar-refractivity contribution in [2.45, 2.75) is 38.8 Å². The lowest BCUT2D eigenvalue weighted by molar-refractivity contribution is -0.134. The fourth-order valence-corrected chi connectivity index (χ4v) is 3.95. The normalized spacial score (nSPS) is 15.8. The Bertz CT molecular complexity index is 857. The van der Waals surface area contributed by atoms with Crippen LogP contribution in [0.4, 0.5) is 4.79 Å². The largest absolute Gasteiger partial charge is 0.444 e. The first-order valence-electron chi connectivity index (χ1n) is 9.92. The van der Waals surface area contributed by atoms with Gasteiger partial charge in [-0.2, -0.15) is 5.26 Å². The van der Waals surface area contributed by atoms with Crippen LogP contribution in [0.25, 0.3) is 0 Å². The Kier molecular flexibility index (Phi) is 9.01. The molecule has 1 saturated heterocycles. The van der Waals surface area contributed by atoms with E-state index < -0.39 is 17.7 Å². The highest BCUT2D eigenvalue weighted by atomic mass is 35.5. The van der Waals surface area contributed by atoms with Crippen LogP contribution in [0.15, 0.2) is 29.3 Å². The molecule has 1 atom stereocenters. The number of ether oxygens (including phenoxy) is 1. The van der Waals surface area contributed by atoms with E-state index >= 15 is 0 Å². The predicted octanol–water partition coefficient (Wildman–Crippen LogP) is 3.12. The van der Waals surface area contributed by atoms with Crippen molar-refractivity contribution < 1.29 is 14.3 Å². The number of aliphatic imine (C=N–C) groups is 1. The van der Waals surface area contributed by atoms with Gasteiger partial charge in [0.1, 0.15) is 11.6 Å². The van der Waals surface area contributed by atoms with Crippen molar-refractivity contribution in [1.82, 2.24) is 15.1 Å². The molecule has 0 bridgehead atoms. The minimum atomic E-state index is -0.811. The van der Waals surface area contributed by atoms with Crippen LogP contribution >= 0.6 is 23.4 Å². The highest BCUT2D eigenvalue weighted by Crippen LogP contribution is 2.19. The number of carbonyl (C=O) groups excluding carboxylic acids is 2. The SMILES string of the molecule is CS/C(=N\C#N)N1CCN(C(=O)[C@H](Cc2ccccc2Cl)NC(=O)OC(C)(C)C)CC1. The molecule has 0 aromatic heterocycles. The van der Waals surface area contributed by atoms with Crippen molar-refractivity contribution in [3.8, 4) is 6.19 Å². The molecule has 1 fully saturated rings. The maximum Gasteiger partial charge on any atom is 0.408 e. The van der Waals surface area contributed by atoms with Crippen molar-refractivity contribution >= 4 is 40.5 Å². The van der Waals surface area contributed by atoms with Gasteiger partial charge in [0.2, 0.25) is 12.1 Å². The van der Waals surface area contributed by atoms with E-state index in [1.165, 1.54) is 11.8 Å². The molecule has 0 aliphatic carbocycles. The zero-order chi connectivity index (χ0) is 23.0. The number of halogens is 1. The van der Waals surface area contributed by atoms with Crippen LogP contribution in [-0.4, -0.2) is 71.0 Å². The van der Waals surface area contributed by atoms with Crippen LogP contribution in [0, 0.1) is 11.5 Å². The van der Waals surface area contributed by atoms with Crippen LogP contribution in [0.1, 0.15) is 26.3 Å². The second kappa shape index (κ2) is 11.3. The van der Waals surface area contributed by atoms with E-state index in [0.717, 1.165) is 5.56 Å². The molecule has 1 aliphatic rings. The van der Waals surface area contributed by atoms with E-state index in [1.54, 1.807) is 31.7 Å². The van der Waals surface area contributed by atoms with Crippen LogP contribution in [0.2, 0.25) is 5.02 Å². The van der Waals surface area contributed by atoms with E-state index in [2.05, 4.69) is 10.3 Å². The Hall–Kier alpha value is -2.44. The predicted molar refractivity (Wildman–Crippen MR) is 123 cm³/mol. The molecule has 1 aliphatic heterocycles. The summed E-state index contributed by atoms with van der Waals surface area (Å²) < 4.78 is 5.35. The zero-order valence-corrected chi connectivity index (χ0v) is 19.8. The van der Waals surface area contributed by atoms with E-state index in [4.69, 9.17) is 21.6 Å². The third-order valence-electron chi connectivity index (χ3n) is 4.56. The minimum Gasteiger partial charge on any atom is -0.444 e. The first-order valence-corrected chi connectivity index (χ1v) is 11.5. The number of rotatable bonds is 4. The fraction of sp³-hybridized carbons (Fsp3) is 0.524. The van der Waals surface area contributed by atoms with E-state index in [0.29, 0.717) is 36.4 Å². The van der Waals surface area contributed by atoms with Gasteiger partial charge in [0.05, 0.1) is 0 Å². The topological polar surface area (TPSA) is 98.0 Å². The number of hydrogen-bond donors (Lipinski definition) is 1. The first-order chi connectivity index (χ1) is 14.6. The molecule has 0 unspecified atom stereocenters. The highest BCUT2D eigenvalue weighted by molar-refractivity contribution is 8.13. The van der Waals surface area contributed by atoms with Gasteiger partial charge >= 0.3 is 6.09 Å². The van der Waals surface area contributed by atoms with Crippen molar-refractivity contribution in [3.05, 3.63) is 34.9 Å². The number of carbonyl (C=O) groups is 2. The van der Waals surface area contributed by atoms with Gasteiger partial charge in [-0.05, 0) is 38.7 Å². The van der Waals surface area contributed by atoms with Gasteiger partial charge in [-0.1, -0.05) is 41.6 Å². The molecule has 2 rings (SSSR count). The summed E-state index contributed by atoms with van der Waals surface area (Å²) >= 11 is 7.68. The molecule has 10 heteroatoms. The van der Waals surface area contributed by atoms with E-state index in [9.17, 15) is 9.59 Å². The molecule has 31 heavy (non-hydrogen) atoms. The zero-order valence-electron chi connectivity index (χ0n) is 18.2. The van der Waals surface area contributed by atoms with Crippen molar-refractivity contribution in [1.29, 1.82) is 5.26 Å². The summed E-state index contributed by atoms with van der Waals surface area (Å²) in [6.07, 6.45) is 3.27. The van der Waals surface area contributed by atoms with Crippen molar-refractivity contribution in [3.63, 3.8) is 0 Å². The van der Waals surface area contributed by atoms with Crippen LogP contribution in [0.3, 0.4) is 0 Å². The molecule has 1 N–H and O–H groups in total. The number of nitrogens with zero attached hydrogens (tertiary/aromatic N) is 4. The molecule has 1 aromatic carbocycles. The molecule has 8 nitrogen and oxygen atoms in total. The average molecular weight is 466 g/mol. The van der Waals surface area contributed by atoms with Gasteiger partial charge in [-0.3, -0.25) is 4.79 Å². The second-order valence-corrected chi connectivity index (χ2v) is 9.19. The summed E-state index contributed by atoms with van der Waals surface area (Å²) in [7, 11) is 0. The lowest BCUT2D eigenvalue weighted by atomic mass is 10.0. The van der Waals surface area contributed by atoms with Gasteiger partial charge in [-0.25, -0.2) is 4.79 Å². The summed E-state index contributed by atoms with van der Waals surface area (Å²) in [6, 6.07) is 6.43. The number of piperazine rings is 1. The second-order valence-electron chi connectivity index (χ2n) is 8.01. The first kappa shape index (κ1) is 24.8. The molecular weight excluding hydrogens is 438 g/mol. The molecular formula is C21H28ClN5O3S. The summed E-state index contributed by atoms with van der Waals surface area (Å²) in [5.41, 5.74) is 0.0881. The Morgan fingerprint density at radius 3 is 2.42 bits per heavy atom.